The second kappa shape index (κ2) is 12.6. The molecule has 5 aliphatic heterocycles. The van der Waals surface area contributed by atoms with Gasteiger partial charge in [-0.05, 0) is 92.8 Å². The Balaban J connectivity index is 0.00000289. The summed E-state index contributed by atoms with van der Waals surface area (Å²) < 4.78 is 0. The van der Waals surface area contributed by atoms with Crippen LogP contribution in [0.25, 0.3) is 0 Å². The number of carboxylic acid groups (broad SMARTS) is 1. The molecule has 17 unspecified atom stereocenters. The summed E-state index contributed by atoms with van der Waals surface area (Å²) in [6.45, 7) is 0. The van der Waals surface area contributed by atoms with E-state index in [0.717, 1.165) is 19.3 Å². The zero-order chi connectivity index (χ0) is 28.7. The third-order valence-corrected chi connectivity index (χ3v) is 14.2. The van der Waals surface area contributed by atoms with E-state index in [4.69, 9.17) is 0 Å². The number of hydrogen-bond acceptors (Lipinski definition) is 9. The summed E-state index contributed by atoms with van der Waals surface area (Å²) in [5.74, 6) is 3.36. The SMILES string of the molecule is O=C(O)C1CCCC2C3NC4NC(NC5NC(NC6NC(NC(N3)C12)C1CCCCC61)C1CCCCC51)C1CCCCC41.[Cu]. The monoisotopic (exact) mass is 659 g/mol. The summed E-state index contributed by atoms with van der Waals surface area (Å²) >= 11 is 0. The van der Waals surface area contributed by atoms with Crippen LogP contribution >= 0.6 is 0 Å². The van der Waals surface area contributed by atoms with Gasteiger partial charge in [-0.3, -0.25) is 47.3 Å². The maximum Gasteiger partial charge on any atom is 0.306 e. The summed E-state index contributed by atoms with van der Waals surface area (Å²) in [6.07, 6.45) is 20.5. The Kier molecular flexibility index (Phi) is 8.87. The van der Waals surface area contributed by atoms with E-state index < -0.39 is 5.97 Å². The van der Waals surface area contributed by atoms with Gasteiger partial charge < -0.3 is 5.11 Å². The first kappa shape index (κ1) is 31.0. The van der Waals surface area contributed by atoms with Crippen LogP contribution in [-0.2, 0) is 21.9 Å². The molecule has 4 saturated carbocycles. The molecule has 0 aromatic heterocycles. The molecule has 44 heavy (non-hydrogen) atoms. The third kappa shape index (κ3) is 5.24. The van der Waals surface area contributed by atoms with E-state index in [0.29, 0.717) is 66.1 Å². The molecule has 0 aromatic rings. The van der Waals surface area contributed by atoms with Gasteiger partial charge in [-0.2, -0.15) is 0 Å². The van der Waals surface area contributed by atoms with Crippen LogP contribution in [0.4, 0.5) is 0 Å². The van der Waals surface area contributed by atoms with Crippen molar-refractivity contribution in [3.63, 3.8) is 0 Å². The number of rotatable bonds is 1. The molecule has 0 amide bonds. The van der Waals surface area contributed by atoms with E-state index >= 15 is 0 Å². The van der Waals surface area contributed by atoms with Crippen LogP contribution in [0, 0.1) is 53.3 Å². The minimum Gasteiger partial charge on any atom is -0.481 e. The topological polar surface area (TPSA) is 134 Å². The van der Waals surface area contributed by atoms with E-state index in [1.54, 1.807) is 0 Å². The Labute approximate surface area is 273 Å². The first-order valence-electron chi connectivity index (χ1n) is 18.4. The van der Waals surface area contributed by atoms with Crippen LogP contribution in [0.3, 0.4) is 0 Å². The molecule has 1 radical (unpaired) electrons. The quantitative estimate of drug-likeness (QED) is 0.192. The van der Waals surface area contributed by atoms with Crippen LogP contribution in [0.1, 0.15) is 96.3 Å². The van der Waals surface area contributed by atoms with E-state index in [1.807, 2.05) is 0 Å². The molecule has 10 nitrogen and oxygen atoms in total. The van der Waals surface area contributed by atoms with Crippen LogP contribution in [-0.4, -0.2) is 60.4 Å². The Morgan fingerprint density at radius 3 is 0.977 bits per heavy atom. The Morgan fingerprint density at radius 1 is 0.386 bits per heavy atom. The van der Waals surface area contributed by atoms with Crippen molar-refractivity contribution < 1.29 is 27.0 Å². The third-order valence-electron chi connectivity index (χ3n) is 14.2. The molecule has 9 rings (SSSR count). The average molecular weight is 660 g/mol. The Morgan fingerprint density at radius 2 is 0.659 bits per heavy atom. The fourth-order valence-electron chi connectivity index (χ4n) is 12.3. The fraction of sp³-hybridized carbons (Fsp3) is 0.970. The van der Waals surface area contributed by atoms with Crippen molar-refractivity contribution in [2.45, 2.75) is 146 Å². The summed E-state index contributed by atoms with van der Waals surface area (Å²) in [7, 11) is 0. The molecule has 11 heteroatoms. The molecule has 17 atom stereocenters. The van der Waals surface area contributed by atoms with Gasteiger partial charge in [-0.1, -0.05) is 44.9 Å². The zero-order valence-corrected chi connectivity index (χ0v) is 27.0. The number of fused-ring (bicyclic) bond motifs is 20. The van der Waals surface area contributed by atoms with Gasteiger partial charge in [0, 0.05) is 23.0 Å². The van der Waals surface area contributed by atoms with Crippen LogP contribution in [0.5, 0.6) is 0 Å². The molecule has 0 spiro atoms. The molecule has 8 bridgehead atoms. The van der Waals surface area contributed by atoms with Crippen LogP contribution < -0.4 is 42.5 Å². The largest absolute Gasteiger partial charge is 0.481 e. The smallest absolute Gasteiger partial charge is 0.306 e. The number of aliphatic carboxylic acids is 1. The number of nitrogens with one attached hydrogen (secondary N) is 8. The fourth-order valence-corrected chi connectivity index (χ4v) is 12.3. The van der Waals surface area contributed by atoms with Crippen LogP contribution in [0.2, 0.25) is 0 Å². The predicted octanol–water partition coefficient (Wildman–Crippen LogP) is 1.91. The second-order valence-corrected chi connectivity index (χ2v) is 16.1. The molecule has 0 aromatic carbocycles. The molecular formula is C33H56CuN8O2. The van der Waals surface area contributed by atoms with E-state index in [2.05, 4.69) is 42.5 Å². The number of carbonyl (C=O) groups is 1. The first-order chi connectivity index (χ1) is 21.1. The van der Waals surface area contributed by atoms with Crippen molar-refractivity contribution in [2.75, 3.05) is 0 Å². The van der Waals surface area contributed by atoms with Gasteiger partial charge in [0.2, 0.25) is 0 Å². The van der Waals surface area contributed by atoms with Crippen molar-refractivity contribution in [3.8, 4) is 0 Å². The molecular weight excluding hydrogens is 604 g/mol. The van der Waals surface area contributed by atoms with Gasteiger partial charge in [0.15, 0.2) is 0 Å². The van der Waals surface area contributed by atoms with Crippen molar-refractivity contribution in [2.24, 2.45) is 53.3 Å². The molecule has 251 valence electrons. The van der Waals surface area contributed by atoms with Gasteiger partial charge in [0.05, 0.1) is 55.2 Å². The first-order valence-corrected chi connectivity index (χ1v) is 18.4. The van der Waals surface area contributed by atoms with Crippen LogP contribution in [0.15, 0.2) is 0 Å². The standard InChI is InChI=1S/C33H56N8O2.Cu/c42-33(43)23-15-7-14-22-24(23)32-40-30-21-13-6-5-12-20(21)28(38-30)36-26-17-9-2-1-8-16(17)25(34-26)35-27-18-10-3-4-11-19(18)29(37-27)39-31(22)41-32;/h16-32,34-41H,1-15H2,(H,42,43);. The van der Waals surface area contributed by atoms with E-state index in [-0.39, 0.29) is 53.6 Å². The molecule has 4 aliphatic carbocycles. The normalized spacial score (nSPS) is 54.8. The van der Waals surface area contributed by atoms with Crippen molar-refractivity contribution in [1.29, 1.82) is 0 Å². The Hall–Kier alpha value is -0.331. The minimum atomic E-state index is -0.607. The zero-order valence-electron chi connectivity index (χ0n) is 26.1. The summed E-state index contributed by atoms with van der Waals surface area (Å²) in [5.41, 5.74) is 0. The van der Waals surface area contributed by atoms with Gasteiger partial charge in [-0.15, -0.1) is 0 Å². The maximum atomic E-state index is 12.6. The van der Waals surface area contributed by atoms with Gasteiger partial charge in [-0.25, -0.2) is 0 Å². The van der Waals surface area contributed by atoms with E-state index in [9.17, 15) is 9.90 Å². The maximum absolute atomic E-state index is 12.6. The Bertz CT molecular complexity index is 1050. The summed E-state index contributed by atoms with van der Waals surface area (Å²) in [5, 5.41) is 43.3. The molecule has 5 saturated heterocycles. The predicted molar refractivity (Wildman–Crippen MR) is 164 cm³/mol. The van der Waals surface area contributed by atoms with Gasteiger partial charge in [0.1, 0.15) is 0 Å². The van der Waals surface area contributed by atoms with Gasteiger partial charge in [0.25, 0.3) is 0 Å². The summed E-state index contributed by atoms with van der Waals surface area (Å²) in [6, 6.07) is 0. The van der Waals surface area contributed by atoms with Crippen molar-refractivity contribution in [1.82, 2.24) is 42.5 Å². The molecule has 5 heterocycles. The number of hydrogen-bond donors (Lipinski definition) is 9. The van der Waals surface area contributed by atoms with Crippen molar-refractivity contribution >= 4 is 5.97 Å². The summed E-state index contributed by atoms with van der Waals surface area (Å²) in [4.78, 5) is 12.6. The minimum absolute atomic E-state index is 0. The average Bonchev–Trinajstić information content (AvgIpc) is 3.76. The van der Waals surface area contributed by atoms with Crippen molar-refractivity contribution in [3.05, 3.63) is 0 Å². The second-order valence-electron chi connectivity index (χ2n) is 16.1. The molecule has 9 N–H and O–H groups in total. The molecule has 9 fully saturated rings. The molecule has 9 aliphatic rings. The van der Waals surface area contributed by atoms with E-state index in [1.165, 1.54) is 77.0 Å². The number of carboxylic acids is 1. The van der Waals surface area contributed by atoms with Gasteiger partial charge >= 0.3 is 5.97 Å².